The highest BCUT2D eigenvalue weighted by Crippen LogP contribution is 2.32. The number of alkyl halides is 6. The van der Waals surface area contributed by atoms with Gasteiger partial charge >= 0.3 is 12.4 Å². The highest BCUT2D eigenvalue weighted by Gasteiger charge is 2.32. The van der Waals surface area contributed by atoms with Crippen molar-refractivity contribution in [1.82, 2.24) is 15.0 Å². The van der Waals surface area contributed by atoms with Crippen LogP contribution in [0.2, 0.25) is 0 Å². The molecule has 0 radical (unpaired) electrons. The fourth-order valence-electron chi connectivity index (χ4n) is 4.33. The number of aromatic nitrogens is 2. The lowest BCUT2D eigenvalue weighted by molar-refractivity contribution is -0.138. The summed E-state index contributed by atoms with van der Waals surface area (Å²) in [5, 5.41) is 3.77. The van der Waals surface area contributed by atoms with Gasteiger partial charge in [0.15, 0.2) is 0 Å². The van der Waals surface area contributed by atoms with Gasteiger partial charge in [-0.1, -0.05) is 36.6 Å². The molecule has 1 aromatic heterocycles. The molecule has 1 amide bonds. The van der Waals surface area contributed by atoms with Crippen LogP contribution in [0.5, 0.6) is 0 Å². The minimum atomic E-state index is -4.51. The van der Waals surface area contributed by atoms with E-state index in [4.69, 9.17) is 4.52 Å². The molecule has 4 rings (SSSR count). The number of hydrogen-bond donors (Lipinski definition) is 0. The van der Waals surface area contributed by atoms with Gasteiger partial charge in [-0.25, -0.2) is 0 Å². The predicted octanol–water partition coefficient (Wildman–Crippen LogP) is 6.79. The van der Waals surface area contributed by atoms with Crippen LogP contribution in [0.1, 0.15) is 59.5 Å². The Balaban J connectivity index is 1.50. The molecule has 0 saturated heterocycles. The van der Waals surface area contributed by atoms with Crippen molar-refractivity contribution in [3.8, 4) is 11.4 Å². The van der Waals surface area contributed by atoms with E-state index in [2.05, 4.69) is 10.1 Å². The second-order valence-corrected chi connectivity index (χ2v) is 8.71. The summed E-state index contributed by atoms with van der Waals surface area (Å²) >= 11 is 0. The molecule has 2 aromatic carbocycles. The summed E-state index contributed by atoms with van der Waals surface area (Å²) in [5.74, 6) is -0.258. The van der Waals surface area contributed by atoms with Crippen molar-refractivity contribution in [3.63, 3.8) is 0 Å². The van der Waals surface area contributed by atoms with E-state index >= 15 is 0 Å². The van der Waals surface area contributed by atoms with Crippen LogP contribution in [0.25, 0.3) is 11.4 Å². The maximum atomic E-state index is 13.3. The number of benzene rings is 2. The van der Waals surface area contributed by atoms with Crippen molar-refractivity contribution in [3.05, 3.63) is 71.1 Å². The molecule has 1 aliphatic rings. The van der Waals surface area contributed by atoms with Gasteiger partial charge in [-0.05, 0) is 49.2 Å². The molecule has 11 heteroatoms. The van der Waals surface area contributed by atoms with E-state index in [0.717, 1.165) is 56.4 Å². The first kappa shape index (κ1) is 25.7. The molecular weight excluding hydrogens is 488 g/mol. The Labute approximate surface area is 203 Å². The smallest absolute Gasteiger partial charge is 0.339 e. The van der Waals surface area contributed by atoms with E-state index in [1.807, 2.05) is 0 Å². The molecule has 0 bridgehead atoms. The Morgan fingerprint density at radius 2 is 1.58 bits per heavy atom. The van der Waals surface area contributed by atoms with Crippen LogP contribution < -0.4 is 0 Å². The van der Waals surface area contributed by atoms with E-state index in [-0.39, 0.29) is 41.8 Å². The molecule has 192 valence electrons. The van der Waals surface area contributed by atoms with Gasteiger partial charge in [0.25, 0.3) is 5.91 Å². The Hall–Kier alpha value is -3.37. The summed E-state index contributed by atoms with van der Waals surface area (Å²) in [6.07, 6.45) is -4.42. The molecule has 1 heterocycles. The monoisotopic (exact) mass is 511 g/mol. The summed E-state index contributed by atoms with van der Waals surface area (Å²) in [6, 6.07) is 8.57. The molecule has 0 N–H and O–H groups in total. The third-order valence-corrected chi connectivity index (χ3v) is 6.22. The second kappa shape index (κ2) is 10.3. The number of hydrogen-bond acceptors (Lipinski definition) is 4. The van der Waals surface area contributed by atoms with Crippen molar-refractivity contribution in [1.29, 1.82) is 0 Å². The minimum absolute atomic E-state index is 0.00520. The van der Waals surface area contributed by atoms with Gasteiger partial charge < -0.3 is 9.42 Å². The standard InChI is InChI=1S/C25H23F6N3O2/c26-24(27,28)18-11-9-16(10-12-18)23(35)34(20-7-2-1-3-8-20)14-13-21-32-22(33-36-21)17-5-4-6-19(15-17)25(29,30)31/h4-6,9-12,15,20H,1-3,7-8,13-14H2. The molecule has 1 fully saturated rings. The molecule has 1 saturated carbocycles. The predicted molar refractivity (Wildman–Crippen MR) is 118 cm³/mol. The first-order chi connectivity index (χ1) is 17.0. The zero-order valence-electron chi connectivity index (χ0n) is 19.1. The Kier molecular flexibility index (Phi) is 7.37. The molecule has 36 heavy (non-hydrogen) atoms. The average molecular weight is 511 g/mol. The Morgan fingerprint density at radius 3 is 2.22 bits per heavy atom. The number of amides is 1. The van der Waals surface area contributed by atoms with E-state index in [1.54, 1.807) is 4.90 Å². The fraction of sp³-hybridized carbons (Fsp3) is 0.400. The van der Waals surface area contributed by atoms with Crippen molar-refractivity contribution in [2.45, 2.75) is 56.9 Å². The van der Waals surface area contributed by atoms with Gasteiger partial charge in [0.2, 0.25) is 11.7 Å². The lowest BCUT2D eigenvalue weighted by Gasteiger charge is -2.34. The van der Waals surface area contributed by atoms with E-state index in [0.29, 0.717) is 0 Å². The lowest BCUT2D eigenvalue weighted by atomic mass is 9.93. The number of carbonyl (C=O) groups is 1. The maximum absolute atomic E-state index is 13.3. The third kappa shape index (κ3) is 6.06. The highest BCUT2D eigenvalue weighted by molar-refractivity contribution is 5.94. The van der Waals surface area contributed by atoms with Gasteiger partial charge in [0.05, 0.1) is 11.1 Å². The quantitative estimate of drug-likeness (QED) is 0.342. The summed E-state index contributed by atoms with van der Waals surface area (Å²) in [7, 11) is 0. The normalized spacial score (nSPS) is 15.2. The molecular formula is C25H23F6N3O2. The topological polar surface area (TPSA) is 59.2 Å². The number of rotatable bonds is 6. The van der Waals surface area contributed by atoms with Crippen molar-refractivity contribution < 1.29 is 35.7 Å². The van der Waals surface area contributed by atoms with Crippen LogP contribution in [0, 0.1) is 0 Å². The summed E-state index contributed by atoms with van der Waals surface area (Å²) in [4.78, 5) is 19.1. The van der Waals surface area contributed by atoms with Gasteiger partial charge in [0, 0.05) is 30.1 Å². The molecule has 0 unspecified atom stereocenters. The van der Waals surface area contributed by atoms with Crippen molar-refractivity contribution in [2.24, 2.45) is 0 Å². The Bertz CT molecular complexity index is 1180. The zero-order chi connectivity index (χ0) is 25.9. The van der Waals surface area contributed by atoms with Gasteiger partial charge in [-0.3, -0.25) is 4.79 Å². The summed E-state index contributed by atoms with van der Waals surface area (Å²) in [6.45, 7) is 0.175. The number of nitrogens with zero attached hydrogens (tertiary/aromatic N) is 3. The second-order valence-electron chi connectivity index (χ2n) is 8.71. The maximum Gasteiger partial charge on any atom is 0.416 e. The summed E-state index contributed by atoms with van der Waals surface area (Å²) < 4.78 is 83.0. The fourth-order valence-corrected chi connectivity index (χ4v) is 4.33. The third-order valence-electron chi connectivity index (χ3n) is 6.22. The molecule has 5 nitrogen and oxygen atoms in total. The largest absolute Gasteiger partial charge is 0.416 e. The zero-order valence-corrected chi connectivity index (χ0v) is 19.1. The van der Waals surface area contributed by atoms with E-state index < -0.39 is 29.4 Å². The van der Waals surface area contributed by atoms with Gasteiger partial charge in [-0.15, -0.1) is 0 Å². The molecule has 0 spiro atoms. The number of carbonyl (C=O) groups excluding carboxylic acids is 1. The average Bonchev–Trinajstić information content (AvgIpc) is 3.33. The van der Waals surface area contributed by atoms with Crippen LogP contribution >= 0.6 is 0 Å². The van der Waals surface area contributed by atoms with E-state index in [9.17, 15) is 31.1 Å². The summed E-state index contributed by atoms with van der Waals surface area (Å²) in [5.41, 5.74) is -1.39. The van der Waals surface area contributed by atoms with Crippen LogP contribution in [0.4, 0.5) is 26.3 Å². The lowest BCUT2D eigenvalue weighted by Crippen LogP contribution is -2.42. The first-order valence-corrected chi connectivity index (χ1v) is 11.5. The van der Waals surface area contributed by atoms with Gasteiger partial charge in [-0.2, -0.15) is 31.3 Å². The van der Waals surface area contributed by atoms with Crippen LogP contribution in [-0.2, 0) is 18.8 Å². The molecule has 3 aromatic rings. The SMILES string of the molecule is O=C(c1ccc(C(F)(F)F)cc1)N(CCc1nc(-c2cccc(C(F)(F)F)c2)no1)C1CCCCC1. The van der Waals surface area contributed by atoms with Crippen LogP contribution in [0.15, 0.2) is 53.1 Å². The number of halogens is 6. The van der Waals surface area contributed by atoms with Crippen LogP contribution in [0.3, 0.4) is 0 Å². The molecule has 1 aliphatic carbocycles. The van der Waals surface area contributed by atoms with Crippen molar-refractivity contribution >= 4 is 5.91 Å². The molecule has 0 aliphatic heterocycles. The highest BCUT2D eigenvalue weighted by atomic mass is 19.4. The molecule has 0 atom stereocenters. The van der Waals surface area contributed by atoms with Gasteiger partial charge in [0.1, 0.15) is 0 Å². The minimum Gasteiger partial charge on any atom is -0.339 e. The first-order valence-electron chi connectivity index (χ1n) is 11.5. The van der Waals surface area contributed by atoms with Crippen molar-refractivity contribution in [2.75, 3.05) is 6.54 Å². The van der Waals surface area contributed by atoms with E-state index in [1.165, 1.54) is 24.3 Å². The Morgan fingerprint density at radius 1 is 0.917 bits per heavy atom. The van der Waals surface area contributed by atoms with Crippen LogP contribution in [-0.4, -0.2) is 33.5 Å².